The molecule has 32 heavy (non-hydrogen) atoms. The predicted octanol–water partition coefficient (Wildman–Crippen LogP) is 2.13. The van der Waals surface area contributed by atoms with Crippen molar-refractivity contribution in [2.24, 2.45) is 5.92 Å². The molecule has 0 amide bonds. The van der Waals surface area contributed by atoms with E-state index in [4.69, 9.17) is 20.4 Å². The highest BCUT2D eigenvalue weighted by Crippen LogP contribution is 2.56. The molecular weight excluding hydrogens is 414 g/mol. The number of fused-ring (bicyclic) bond motifs is 1. The summed E-state index contributed by atoms with van der Waals surface area (Å²) < 4.78 is 0. The van der Waals surface area contributed by atoms with Gasteiger partial charge in [-0.2, -0.15) is 0 Å². The molecule has 0 spiro atoms. The molecule has 2 bridgehead atoms. The van der Waals surface area contributed by atoms with Crippen molar-refractivity contribution in [2.75, 3.05) is 13.1 Å². The second-order valence-corrected chi connectivity index (χ2v) is 9.33. The zero-order chi connectivity index (χ0) is 23.5. The van der Waals surface area contributed by atoms with Crippen LogP contribution in [0.4, 0.5) is 0 Å². The van der Waals surface area contributed by atoms with Crippen molar-refractivity contribution < 1.29 is 35.1 Å². The Morgan fingerprint density at radius 1 is 1.12 bits per heavy atom. The van der Waals surface area contributed by atoms with Gasteiger partial charge >= 0.3 is 11.9 Å². The van der Waals surface area contributed by atoms with E-state index in [1.807, 2.05) is 6.07 Å². The summed E-state index contributed by atoms with van der Waals surface area (Å²) in [6, 6.07) is 6.95. The van der Waals surface area contributed by atoms with E-state index in [-0.39, 0.29) is 0 Å². The third-order valence-electron chi connectivity index (χ3n) is 7.54. The number of aromatic hydroxyl groups is 1. The van der Waals surface area contributed by atoms with Crippen molar-refractivity contribution in [3.63, 3.8) is 0 Å². The summed E-state index contributed by atoms with van der Waals surface area (Å²) in [6.07, 6.45) is 6.10. The maximum Gasteiger partial charge on any atom is 0.335 e. The molecule has 0 aromatic heterocycles. The van der Waals surface area contributed by atoms with Gasteiger partial charge in [-0.15, -0.1) is 0 Å². The van der Waals surface area contributed by atoms with Crippen LogP contribution in [0.3, 0.4) is 0 Å². The maximum atomic E-state index is 10.0. The third kappa shape index (κ3) is 4.77. The average molecular weight is 450 g/mol. The van der Waals surface area contributed by atoms with Gasteiger partial charge in [0.1, 0.15) is 5.75 Å². The van der Waals surface area contributed by atoms with Gasteiger partial charge in [0, 0.05) is 11.5 Å². The number of unbranched alkanes of at least 4 members (excludes halogenated alkanes) is 1. The fraction of sp³-hybridized carbons (Fsp3) is 0.667. The van der Waals surface area contributed by atoms with Crippen molar-refractivity contribution >= 4 is 11.9 Å². The van der Waals surface area contributed by atoms with Crippen LogP contribution in [0.25, 0.3) is 0 Å². The first-order valence-corrected chi connectivity index (χ1v) is 11.6. The molecule has 178 valence electrons. The fourth-order valence-corrected chi connectivity index (χ4v) is 5.98. The van der Waals surface area contributed by atoms with Gasteiger partial charge in [0.2, 0.25) is 0 Å². The lowest BCUT2D eigenvalue weighted by Gasteiger charge is -2.59. The van der Waals surface area contributed by atoms with Crippen LogP contribution in [-0.2, 0) is 21.4 Å². The first kappa shape index (κ1) is 24.5. The molecule has 0 unspecified atom stereocenters. The van der Waals surface area contributed by atoms with E-state index in [1.165, 1.54) is 75.6 Å². The van der Waals surface area contributed by atoms with Gasteiger partial charge < -0.3 is 25.5 Å². The Balaban J connectivity index is 0.000000247. The zero-order valence-electron chi connectivity index (χ0n) is 18.6. The number of phenolic OH excluding ortho intramolecular Hbond substituents is 1. The summed E-state index contributed by atoms with van der Waals surface area (Å²) in [5, 5.41) is 42.6. The van der Waals surface area contributed by atoms with Gasteiger partial charge in [-0.1, -0.05) is 32.3 Å². The number of carbonyl (C=O) groups is 2. The quantitative estimate of drug-likeness (QED) is 0.445. The number of piperidine rings is 1. The summed E-state index contributed by atoms with van der Waals surface area (Å²) in [6.45, 7) is 4.84. The van der Waals surface area contributed by atoms with E-state index in [0.717, 1.165) is 12.0 Å². The number of aliphatic hydroxyl groups is 2. The number of hydrogen-bond acceptors (Lipinski definition) is 6. The molecule has 1 saturated carbocycles. The Morgan fingerprint density at radius 2 is 1.81 bits per heavy atom. The number of benzene rings is 1. The molecular formula is C24H35NO7. The van der Waals surface area contributed by atoms with Crippen LogP contribution in [0, 0.1) is 5.92 Å². The molecule has 1 aromatic rings. The SMILES string of the molecule is CCCCN1CC[C@]23CCCC[C@H]2[C@@H]1Cc1ccc(O)cc13.O=C(O)[C@H](O)[C@@H](O)C(=O)O. The summed E-state index contributed by atoms with van der Waals surface area (Å²) in [4.78, 5) is 22.3. The number of carboxylic acids is 2. The molecule has 0 radical (unpaired) electrons. The van der Waals surface area contributed by atoms with E-state index < -0.39 is 24.1 Å². The van der Waals surface area contributed by atoms with Crippen LogP contribution in [-0.4, -0.2) is 73.7 Å². The van der Waals surface area contributed by atoms with Gasteiger partial charge in [-0.05, 0) is 74.4 Å². The predicted molar refractivity (Wildman–Crippen MR) is 118 cm³/mol. The lowest BCUT2D eigenvalue weighted by Crippen LogP contribution is -2.60. The molecule has 1 aliphatic heterocycles. The Labute approximate surface area is 188 Å². The number of aliphatic hydroxyl groups excluding tert-OH is 2. The second kappa shape index (κ2) is 10.2. The third-order valence-corrected chi connectivity index (χ3v) is 7.54. The molecule has 4 rings (SSSR count). The van der Waals surface area contributed by atoms with E-state index in [9.17, 15) is 14.7 Å². The van der Waals surface area contributed by atoms with Crippen molar-refractivity contribution in [3.8, 4) is 5.75 Å². The van der Waals surface area contributed by atoms with Gasteiger partial charge in [-0.3, -0.25) is 4.90 Å². The van der Waals surface area contributed by atoms with E-state index in [0.29, 0.717) is 11.2 Å². The Kier molecular flexibility index (Phi) is 7.79. The average Bonchev–Trinajstić information content (AvgIpc) is 2.78. The largest absolute Gasteiger partial charge is 0.508 e. The molecule has 1 heterocycles. The van der Waals surface area contributed by atoms with Gasteiger partial charge in [0.05, 0.1) is 0 Å². The minimum atomic E-state index is -2.27. The minimum absolute atomic E-state index is 0.373. The topological polar surface area (TPSA) is 139 Å². The highest BCUT2D eigenvalue weighted by Gasteiger charge is 2.53. The lowest BCUT2D eigenvalue weighted by molar-refractivity contribution is -0.165. The van der Waals surface area contributed by atoms with Crippen LogP contribution in [0.5, 0.6) is 5.75 Å². The molecule has 3 aliphatic rings. The summed E-state index contributed by atoms with van der Waals surface area (Å²) in [5.74, 6) is -2.25. The molecule has 5 N–H and O–H groups in total. The van der Waals surface area contributed by atoms with Crippen LogP contribution in [0.2, 0.25) is 0 Å². The van der Waals surface area contributed by atoms with Crippen LogP contribution < -0.4 is 0 Å². The van der Waals surface area contributed by atoms with Crippen molar-refractivity contribution in [1.82, 2.24) is 4.90 Å². The second-order valence-electron chi connectivity index (χ2n) is 9.33. The van der Waals surface area contributed by atoms with Crippen LogP contribution in [0.15, 0.2) is 18.2 Å². The number of nitrogens with zero attached hydrogens (tertiary/aromatic N) is 1. The van der Waals surface area contributed by atoms with E-state index in [2.05, 4.69) is 24.0 Å². The molecule has 1 saturated heterocycles. The zero-order valence-corrected chi connectivity index (χ0v) is 18.6. The number of rotatable bonds is 6. The van der Waals surface area contributed by atoms with Gasteiger partial charge in [-0.25, -0.2) is 9.59 Å². The lowest BCUT2D eigenvalue weighted by atomic mass is 9.52. The number of aliphatic carboxylic acids is 2. The minimum Gasteiger partial charge on any atom is -0.508 e. The first-order chi connectivity index (χ1) is 15.2. The molecule has 8 heteroatoms. The van der Waals surface area contributed by atoms with E-state index >= 15 is 0 Å². The summed E-state index contributed by atoms with van der Waals surface area (Å²) in [7, 11) is 0. The standard InChI is InChI=1S/C20H29NO.C4H6O6/c1-2-3-11-21-12-10-20-9-5-4-6-17(20)19(21)13-15-7-8-16(22)14-18(15)20;5-1(3(7)8)2(6)4(9)10/h7-8,14,17,19,22H,2-6,9-13H2,1H3;1-2,5-6H,(H,7,8)(H,9,10)/t17-,19-,20+;1-,2-/m01/s1. The first-order valence-electron chi connectivity index (χ1n) is 11.6. The smallest absolute Gasteiger partial charge is 0.335 e. The summed E-state index contributed by atoms with van der Waals surface area (Å²) >= 11 is 0. The highest BCUT2D eigenvalue weighted by molar-refractivity contribution is 5.83. The fourth-order valence-electron chi connectivity index (χ4n) is 5.98. The van der Waals surface area contributed by atoms with Crippen molar-refractivity contribution in [1.29, 1.82) is 0 Å². The number of carboxylic acid groups (broad SMARTS) is 2. The monoisotopic (exact) mass is 449 g/mol. The normalized spacial score (nSPS) is 28.3. The Hall–Kier alpha value is -2.16. The van der Waals surface area contributed by atoms with E-state index in [1.54, 1.807) is 0 Å². The van der Waals surface area contributed by atoms with Crippen molar-refractivity contribution in [3.05, 3.63) is 29.3 Å². The van der Waals surface area contributed by atoms with Gasteiger partial charge in [0.15, 0.2) is 12.2 Å². The highest BCUT2D eigenvalue weighted by atomic mass is 16.4. The Morgan fingerprint density at radius 3 is 2.44 bits per heavy atom. The van der Waals surface area contributed by atoms with Crippen molar-refractivity contribution in [2.45, 2.75) is 82.0 Å². The number of phenols is 1. The summed E-state index contributed by atoms with van der Waals surface area (Å²) in [5.41, 5.74) is 3.39. The molecule has 5 atom stereocenters. The Bertz CT molecular complexity index is 811. The molecule has 8 nitrogen and oxygen atoms in total. The maximum absolute atomic E-state index is 10.0. The number of likely N-dealkylation sites (tertiary alicyclic amines) is 1. The molecule has 2 aliphatic carbocycles. The number of hydrogen-bond donors (Lipinski definition) is 5. The van der Waals surface area contributed by atoms with Crippen LogP contribution in [0.1, 0.15) is 63.0 Å². The molecule has 1 aromatic carbocycles. The molecule has 2 fully saturated rings. The van der Waals surface area contributed by atoms with Crippen LogP contribution >= 0.6 is 0 Å². The van der Waals surface area contributed by atoms with Gasteiger partial charge in [0.25, 0.3) is 0 Å².